The van der Waals surface area contributed by atoms with Crippen molar-refractivity contribution >= 4 is 33.8 Å². The Morgan fingerprint density at radius 3 is 2.39 bits per heavy atom. The number of fused-ring (bicyclic) bond motifs is 1. The van der Waals surface area contributed by atoms with Crippen molar-refractivity contribution in [1.82, 2.24) is 0 Å². The lowest BCUT2D eigenvalue weighted by Crippen LogP contribution is -2.27. The van der Waals surface area contributed by atoms with Gasteiger partial charge in [-0.2, -0.15) is 13.2 Å². The smallest absolute Gasteiger partial charge is 0.322 e. The number of thiophene rings is 1. The summed E-state index contributed by atoms with van der Waals surface area (Å²) in [5.41, 5.74) is 1.38. The zero-order valence-electron chi connectivity index (χ0n) is 20.5. The first kappa shape index (κ1) is 25.9. The van der Waals surface area contributed by atoms with Crippen LogP contribution in [0.3, 0.4) is 0 Å². The molecule has 2 N–H and O–H groups in total. The minimum atomic E-state index is -4.51. The number of alkyl halides is 3. The number of halogens is 3. The number of carbonyl (C=O) groups excluding carboxylic acids is 2. The molecule has 0 saturated heterocycles. The van der Waals surface area contributed by atoms with Crippen LogP contribution in [0.25, 0.3) is 0 Å². The van der Waals surface area contributed by atoms with E-state index in [1.165, 1.54) is 23.5 Å². The summed E-state index contributed by atoms with van der Waals surface area (Å²) >= 11 is 1.39. The van der Waals surface area contributed by atoms with Crippen LogP contribution in [0.2, 0.25) is 0 Å². The van der Waals surface area contributed by atoms with E-state index in [1.54, 1.807) is 0 Å². The van der Waals surface area contributed by atoms with Crippen LogP contribution >= 0.6 is 11.3 Å². The number of amides is 2. The van der Waals surface area contributed by atoms with Crippen LogP contribution in [-0.4, -0.2) is 11.8 Å². The van der Waals surface area contributed by atoms with Crippen LogP contribution in [0.5, 0.6) is 0 Å². The van der Waals surface area contributed by atoms with Crippen LogP contribution in [0, 0.1) is 11.3 Å². The molecule has 1 atom stereocenters. The van der Waals surface area contributed by atoms with Crippen molar-refractivity contribution in [3.8, 4) is 0 Å². The summed E-state index contributed by atoms with van der Waals surface area (Å²) in [7, 11) is 0. The molecular formula is C28H29F3N2O2S. The highest BCUT2D eigenvalue weighted by Crippen LogP contribution is 2.44. The van der Waals surface area contributed by atoms with Crippen molar-refractivity contribution in [2.45, 2.75) is 52.6 Å². The molecule has 8 heteroatoms. The highest BCUT2D eigenvalue weighted by Gasteiger charge is 2.34. The van der Waals surface area contributed by atoms with Gasteiger partial charge in [0.15, 0.2) is 0 Å². The molecule has 2 aromatic carbocycles. The predicted octanol–water partition coefficient (Wildman–Crippen LogP) is 7.35. The fraction of sp³-hybridized carbons (Fsp3) is 0.357. The quantitative estimate of drug-likeness (QED) is 0.374. The molecule has 4 nitrogen and oxygen atoms in total. The second kappa shape index (κ2) is 10.1. The third-order valence-electron chi connectivity index (χ3n) is 6.63. The van der Waals surface area contributed by atoms with E-state index in [-0.39, 0.29) is 23.4 Å². The molecule has 0 bridgehead atoms. The number of rotatable bonds is 5. The lowest BCUT2D eigenvalue weighted by atomic mass is 9.72. The summed E-state index contributed by atoms with van der Waals surface area (Å²) in [6.45, 7) is 6.58. The van der Waals surface area contributed by atoms with E-state index in [0.29, 0.717) is 22.9 Å². The van der Waals surface area contributed by atoms with Crippen LogP contribution in [0.1, 0.15) is 59.1 Å². The summed E-state index contributed by atoms with van der Waals surface area (Å²) in [6.07, 6.45) is -1.99. The molecule has 1 heterocycles. The van der Waals surface area contributed by atoms with E-state index < -0.39 is 17.6 Å². The molecule has 0 fully saturated rings. The molecule has 1 unspecified atom stereocenters. The maximum Gasteiger partial charge on any atom is 0.416 e. The molecule has 2 amide bonds. The Kier molecular flexibility index (Phi) is 7.27. The largest absolute Gasteiger partial charge is 0.416 e. The topological polar surface area (TPSA) is 58.2 Å². The Morgan fingerprint density at radius 1 is 1.00 bits per heavy atom. The van der Waals surface area contributed by atoms with Crippen molar-refractivity contribution in [3.05, 3.63) is 81.7 Å². The number of benzene rings is 2. The molecule has 0 radical (unpaired) electrons. The average molecular weight is 515 g/mol. The molecule has 1 aliphatic carbocycles. The maximum absolute atomic E-state index is 13.4. The molecule has 0 aliphatic heterocycles. The fourth-order valence-electron chi connectivity index (χ4n) is 4.57. The van der Waals surface area contributed by atoms with E-state index in [1.807, 2.05) is 30.3 Å². The first-order chi connectivity index (χ1) is 16.9. The van der Waals surface area contributed by atoms with Gasteiger partial charge in [0, 0.05) is 10.6 Å². The van der Waals surface area contributed by atoms with Gasteiger partial charge in [-0.15, -0.1) is 11.3 Å². The Morgan fingerprint density at radius 2 is 1.72 bits per heavy atom. The van der Waals surface area contributed by atoms with Gasteiger partial charge in [-0.3, -0.25) is 9.59 Å². The summed E-state index contributed by atoms with van der Waals surface area (Å²) < 4.78 is 39.5. The average Bonchev–Trinajstić information content (AvgIpc) is 3.15. The highest BCUT2D eigenvalue weighted by atomic mass is 32.1. The molecule has 190 valence electrons. The second-order valence-corrected chi connectivity index (χ2v) is 11.4. The third-order valence-corrected chi connectivity index (χ3v) is 7.80. The second-order valence-electron chi connectivity index (χ2n) is 10.3. The SMILES string of the molecule is CC(C)(C)C1CCc2c(sc(NC(=O)Cc3ccccc3)c2C(=O)Nc2cccc(C(F)(F)F)c2)C1. The lowest BCUT2D eigenvalue weighted by Gasteiger charge is -2.33. The van der Waals surface area contributed by atoms with Crippen molar-refractivity contribution < 1.29 is 22.8 Å². The molecule has 4 rings (SSSR count). The fourth-order valence-corrected chi connectivity index (χ4v) is 5.91. The Balaban J connectivity index is 1.64. The van der Waals surface area contributed by atoms with Gasteiger partial charge in [-0.05, 0) is 59.9 Å². The van der Waals surface area contributed by atoms with Gasteiger partial charge < -0.3 is 10.6 Å². The third kappa shape index (κ3) is 5.98. The molecule has 0 spiro atoms. The van der Waals surface area contributed by atoms with E-state index in [4.69, 9.17) is 0 Å². The number of anilines is 2. The Bertz CT molecular complexity index is 1260. The first-order valence-corrected chi connectivity index (χ1v) is 12.7. The Hall–Kier alpha value is -3.13. The van der Waals surface area contributed by atoms with Gasteiger partial charge in [0.1, 0.15) is 5.00 Å². The maximum atomic E-state index is 13.4. The van der Waals surface area contributed by atoms with Crippen LogP contribution < -0.4 is 10.6 Å². The zero-order valence-corrected chi connectivity index (χ0v) is 21.3. The molecule has 0 saturated carbocycles. The monoisotopic (exact) mass is 514 g/mol. The molecule has 1 aliphatic rings. The Labute approximate surface area is 212 Å². The van der Waals surface area contributed by atoms with Crippen molar-refractivity contribution in [3.63, 3.8) is 0 Å². The van der Waals surface area contributed by atoms with Gasteiger partial charge in [0.2, 0.25) is 5.91 Å². The van der Waals surface area contributed by atoms with Gasteiger partial charge in [-0.25, -0.2) is 0 Å². The number of hydrogen-bond donors (Lipinski definition) is 2. The molecule has 3 aromatic rings. The predicted molar refractivity (Wildman–Crippen MR) is 137 cm³/mol. The van der Waals surface area contributed by atoms with E-state index >= 15 is 0 Å². The van der Waals surface area contributed by atoms with E-state index in [2.05, 4.69) is 31.4 Å². The molecule has 36 heavy (non-hydrogen) atoms. The summed E-state index contributed by atoms with van der Waals surface area (Å²) in [5, 5.41) is 5.98. The zero-order chi connectivity index (χ0) is 26.1. The lowest BCUT2D eigenvalue weighted by molar-refractivity contribution is -0.137. The molecule has 1 aromatic heterocycles. The molecular weight excluding hydrogens is 485 g/mol. The number of nitrogens with one attached hydrogen (secondary N) is 2. The van der Waals surface area contributed by atoms with Crippen LogP contribution in [-0.2, 0) is 30.2 Å². The number of carbonyl (C=O) groups is 2. The van der Waals surface area contributed by atoms with Crippen LogP contribution in [0.4, 0.5) is 23.9 Å². The van der Waals surface area contributed by atoms with Gasteiger partial charge in [0.05, 0.1) is 17.5 Å². The van der Waals surface area contributed by atoms with E-state index in [9.17, 15) is 22.8 Å². The number of hydrogen-bond acceptors (Lipinski definition) is 3. The van der Waals surface area contributed by atoms with Crippen molar-refractivity contribution in [1.29, 1.82) is 0 Å². The highest BCUT2D eigenvalue weighted by molar-refractivity contribution is 7.17. The summed E-state index contributed by atoms with van der Waals surface area (Å²) in [5.74, 6) is -0.341. The van der Waals surface area contributed by atoms with Crippen molar-refractivity contribution in [2.24, 2.45) is 11.3 Å². The van der Waals surface area contributed by atoms with E-state index in [0.717, 1.165) is 41.0 Å². The first-order valence-electron chi connectivity index (χ1n) is 11.9. The summed E-state index contributed by atoms with van der Waals surface area (Å²) in [4.78, 5) is 27.3. The summed E-state index contributed by atoms with van der Waals surface area (Å²) in [6, 6.07) is 13.9. The van der Waals surface area contributed by atoms with Crippen LogP contribution in [0.15, 0.2) is 54.6 Å². The van der Waals surface area contributed by atoms with Crippen molar-refractivity contribution in [2.75, 3.05) is 10.6 Å². The van der Waals surface area contributed by atoms with Gasteiger partial charge in [0.25, 0.3) is 5.91 Å². The normalized spacial score (nSPS) is 15.8. The minimum absolute atomic E-state index is 0.0553. The minimum Gasteiger partial charge on any atom is -0.322 e. The standard InChI is InChI=1S/C28H29F3N2O2S/c1-27(2,3)18-12-13-21-22(16-18)36-26(33-23(34)14-17-8-5-4-6-9-17)24(21)25(35)32-20-11-7-10-19(15-20)28(29,30)31/h4-11,15,18H,12-14,16H2,1-3H3,(H,32,35)(H,33,34). The van der Waals surface area contributed by atoms with Gasteiger partial charge in [-0.1, -0.05) is 57.2 Å². The van der Waals surface area contributed by atoms with Gasteiger partial charge >= 0.3 is 6.18 Å².